The number of anilines is 2. The average molecular weight is 375 g/mol. The summed E-state index contributed by atoms with van der Waals surface area (Å²) in [6, 6.07) is 13.2. The Morgan fingerprint density at radius 3 is 2.19 bits per heavy atom. The van der Waals surface area contributed by atoms with Crippen molar-refractivity contribution in [2.45, 2.75) is 13.3 Å². The molecule has 0 fully saturated rings. The highest BCUT2D eigenvalue weighted by atomic mass is 35.5. The minimum absolute atomic E-state index is 0.126. The van der Waals surface area contributed by atoms with Crippen molar-refractivity contribution in [2.24, 2.45) is 0 Å². The zero-order chi connectivity index (χ0) is 19.1. The van der Waals surface area contributed by atoms with Gasteiger partial charge in [-0.3, -0.25) is 9.59 Å². The first-order chi connectivity index (χ1) is 12.4. The quantitative estimate of drug-likeness (QED) is 0.785. The predicted molar refractivity (Wildman–Crippen MR) is 101 cm³/mol. The number of halogens is 1. The van der Waals surface area contributed by atoms with Crippen LogP contribution in [0.2, 0.25) is 5.02 Å². The molecular weight excluding hydrogens is 356 g/mol. The second kappa shape index (κ2) is 9.01. The molecule has 0 saturated heterocycles. The summed E-state index contributed by atoms with van der Waals surface area (Å²) < 4.78 is 4.62. The first-order valence-corrected chi connectivity index (χ1v) is 8.30. The molecule has 0 radical (unpaired) electrons. The molecule has 0 heterocycles. The van der Waals surface area contributed by atoms with Crippen LogP contribution < -0.4 is 10.2 Å². The Kier molecular flexibility index (Phi) is 6.74. The number of benzene rings is 2. The van der Waals surface area contributed by atoms with Crippen LogP contribution in [-0.2, 0) is 14.3 Å². The molecule has 0 saturated carbocycles. The van der Waals surface area contributed by atoms with Crippen LogP contribution in [0.5, 0.6) is 0 Å². The Labute approximate surface area is 156 Å². The Morgan fingerprint density at radius 2 is 1.65 bits per heavy atom. The Hall–Kier alpha value is -2.86. The fourth-order valence-corrected chi connectivity index (χ4v) is 2.46. The van der Waals surface area contributed by atoms with E-state index in [1.54, 1.807) is 48.5 Å². The summed E-state index contributed by atoms with van der Waals surface area (Å²) in [5.74, 6) is -0.846. The Bertz CT molecular complexity index is 788. The van der Waals surface area contributed by atoms with Crippen molar-refractivity contribution in [2.75, 3.05) is 23.9 Å². The highest BCUT2D eigenvalue weighted by Gasteiger charge is 2.14. The number of amides is 2. The van der Waals surface area contributed by atoms with Gasteiger partial charge in [0.25, 0.3) is 0 Å². The molecule has 0 atom stereocenters. The lowest BCUT2D eigenvalue weighted by atomic mass is 10.2. The maximum Gasteiger partial charge on any atom is 0.337 e. The third-order valence-electron chi connectivity index (χ3n) is 3.67. The van der Waals surface area contributed by atoms with E-state index in [2.05, 4.69) is 10.1 Å². The molecule has 0 bridgehead atoms. The lowest BCUT2D eigenvalue weighted by Gasteiger charge is -2.21. The predicted octanol–water partition coefficient (Wildman–Crippen LogP) is 3.51. The van der Waals surface area contributed by atoms with Gasteiger partial charge < -0.3 is 15.0 Å². The van der Waals surface area contributed by atoms with Gasteiger partial charge >= 0.3 is 5.97 Å². The number of carbonyl (C=O) groups is 3. The van der Waals surface area contributed by atoms with E-state index in [9.17, 15) is 14.4 Å². The topological polar surface area (TPSA) is 75.7 Å². The molecule has 2 amide bonds. The molecule has 0 spiro atoms. The zero-order valence-corrected chi connectivity index (χ0v) is 15.2. The monoisotopic (exact) mass is 374 g/mol. The maximum atomic E-state index is 12.1. The molecule has 0 aliphatic carbocycles. The highest BCUT2D eigenvalue weighted by Crippen LogP contribution is 2.19. The number of hydrogen-bond donors (Lipinski definition) is 1. The molecule has 2 aromatic carbocycles. The third-order valence-corrected chi connectivity index (χ3v) is 3.92. The fraction of sp³-hybridized carbons (Fsp3) is 0.211. The van der Waals surface area contributed by atoms with Gasteiger partial charge in [-0.1, -0.05) is 11.6 Å². The number of ether oxygens (including phenoxy) is 1. The summed E-state index contributed by atoms with van der Waals surface area (Å²) >= 11 is 5.86. The SMILES string of the molecule is COC(=O)c1ccc(NC(=O)CCN(C(C)=O)c2ccc(Cl)cc2)cc1. The van der Waals surface area contributed by atoms with Gasteiger partial charge in [-0.2, -0.15) is 0 Å². The number of methoxy groups -OCH3 is 1. The molecule has 0 aromatic heterocycles. The molecule has 136 valence electrons. The van der Waals surface area contributed by atoms with Gasteiger partial charge in [0, 0.05) is 36.3 Å². The van der Waals surface area contributed by atoms with Crippen molar-refractivity contribution in [1.29, 1.82) is 0 Å². The van der Waals surface area contributed by atoms with E-state index in [0.29, 0.717) is 22.0 Å². The molecule has 2 aromatic rings. The molecule has 0 aliphatic heterocycles. The lowest BCUT2D eigenvalue weighted by molar-refractivity contribution is -0.117. The van der Waals surface area contributed by atoms with Crippen molar-refractivity contribution in [3.8, 4) is 0 Å². The zero-order valence-electron chi connectivity index (χ0n) is 14.5. The molecule has 0 aliphatic rings. The number of hydrogen-bond acceptors (Lipinski definition) is 4. The van der Waals surface area contributed by atoms with Crippen LogP contribution in [0.25, 0.3) is 0 Å². The van der Waals surface area contributed by atoms with Gasteiger partial charge in [-0.15, -0.1) is 0 Å². The van der Waals surface area contributed by atoms with E-state index >= 15 is 0 Å². The first-order valence-electron chi connectivity index (χ1n) is 7.92. The molecule has 2 rings (SSSR count). The van der Waals surface area contributed by atoms with Crippen LogP contribution in [-0.4, -0.2) is 31.4 Å². The highest BCUT2D eigenvalue weighted by molar-refractivity contribution is 6.30. The van der Waals surface area contributed by atoms with Gasteiger partial charge in [-0.25, -0.2) is 4.79 Å². The molecule has 1 N–H and O–H groups in total. The molecule has 7 heteroatoms. The van der Waals surface area contributed by atoms with Gasteiger partial charge in [0.1, 0.15) is 0 Å². The number of nitrogens with one attached hydrogen (secondary N) is 1. The van der Waals surface area contributed by atoms with Crippen molar-refractivity contribution < 1.29 is 19.1 Å². The van der Waals surface area contributed by atoms with Crippen LogP contribution in [0, 0.1) is 0 Å². The van der Waals surface area contributed by atoms with Crippen LogP contribution >= 0.6 is 11.6 Å². The number of rotatable bonds is 6. The average Bonchev–Trinajstić information content (AvgIpc) is 2.63. The number of carbonyl (C=O) groups excluding carboxylic acids is 3. The van der Waals surface area contributed by atoms with Crippen LogP contribution in [0.3, 0.4) is 0 Å². The normalized spacial score (nSPS) is 10.1. The summed E-state index contributed by atoms with van der Waals surface area (Å²) in [6.45, 7) is 1.68. The van der Waals surface area contributed by atoms with Gasteiger partial charge in [-0.05, 0) is 48.5 Å². The van der Waals surface area contributed by atoms with Crippen molar-refractivity contribution in [3.05, 3.63) is 59.1 Å². The molecule has 0 unspecified atom stereocenters. The summed E-state index contributed by atoms with van der Waals surface area (Å²) in [5, 5.41) is 3.31. The summed E-state index contributed by atoms with van der Waals surface area (Å²) in [5.41, 5.74) is 1.64. The second-order valence-electron chi connectivity index (χ2n) is 5.51. The van der Waals surface area contributed by atoms with E-state index in [1.165, 1.54) is 18.9 Å². The second-order valence-corrected chi connectivity index (χ2v) is 5.95. The largest absolute Gasteiger partial charge is 0.465 e. The maximum absolute atomic E-state index is 12.1. The van der Waals surface area contributed by atoms with Crippen LogP contribution in [0.1, 0.15) is 23.7 Å². The smallest absolute Gasteiger partial charge is 0.337 e. The number of nitrogens with zero attached hydrogens (tertiary/aromatic N) is 1. The third kappa shape index (κ3) is 5.32. The summed E-state index contributed by atoms with van der Waals surface area (Å²) in [7, 11) is 1.31. The van der Waals surface area contributed by atoms with Crippen molar-refractivity contribution in [1.82, 2.24) is 0 Å². The van der Waals surface area contributed by atoms with E-state index in [4.69, 9.17) is 11.6 Å². The summed E-state index contributed by atoms with van der Waals surface area (Å²) in [6.07, 6.45) is 0.126. The lowest BCUT2D eigenvalue weighted by Crippen LogP contribution is -2.31. The number of esters is 1. The molecular formula is C19H19ClN2O4. The Balaban J connectivity index is 1.95. The summed E-state index contributed by atoms with van der Waals surface area (Å²) in [4.78, 5) is 36.9. The first kappa shape index (κ1) is 19.5. The fourth-order valence-electron chi connectivity index (χ4n) is 2.33. The van der Waals surface area contributed by atoms with Crippen molar-refractivity contribution in [3.63, 3.8) is 0 Å². The van der Waals surface area contributed by atoms with Gasteiger partial charge in [0.2, 0.25) is 11.8 Å². The minimum Gasteiger partial charge on any atom is -0.465 e. The van der Waals surface area contributed by atoms with Gasteiger partial charge in [0.15, 0.2) is 0 Å². The van der Waals surface area contributed by atoms with Gasteiger partial charge in [0.05, 0.1) is 12.7 Å². The minimum atomic E-state index is -0.442. The van der Waals surface area contributed by atoms with Crippen LogP contribution in [0.15, 0.2) is 48.5 Å². The van der Waals surface area contributed by atoms with E-state index < -0.39 is 5.97 Å². The van der Waals surface area contributed by atoms with E-state index in [1.807, 2.05) is 0 Å². The van der Waals surface area contributed by atoms with Crippen molar-refractivity contribution >= 4 is 40.8 Å². The van der Waals surface area contributed by atoms with E-state index in [0.717, 1.165) is 0 Å². The standard InChI is InChI=1S/C19H19ClN2O4/c1-13(23)22(17-9-5-15(20)6-10-17)12-11-18(24)21-16-7-3-14(4-8-16)19(25)26-2/h3-10H,11-12H2,1-2H3,(H,21,24). The van der Waals surface area contributed by atoms with E-state index in [-0.39, 0.29) is 24.8 Å². The molecule has 26 heavy (non-hydrogen) atoms. The molecule has 6 nitrogen and oxygen atoms in total. The van der Waals surface area contributed by atoms with Crippen LogP contribution in [0.4, 0.5) is 11.4 Å². The Morgan fingerprint density at radius 1 is 1.04 bits per heavy atom.